The maximum atomic E-state index is 12.7. The lowest BCUT2D eigenvalue weighted by atomic mass is 9.65. The maximum absolute atomic E-state index is 12.7. The predicted octanol–water partition coefficient (Wildman–Crippen LogP) is 5.35. The second-order valence-electron chi connectivity index (χ2n) is 10.3. The van der Waals surface area contributed by atoms with Crippen LogP contribution in [0.5, 0.6) is 11.5 Å². The van der Waals surface area contributed by atoms with Crippen LogP contribution < -0.4 is 20.1 Å². The van der Waals surface area contributed by atoms with Gasteiger partial charge < -0.3 is 30.1 Å². The molecular formula is C28H33F6N3O5. The normalized spacial score (nSPS) is 22.3. The Morgan fingerprint density at radius 2 is 1.62 bits per heavy atom. The lowest BCUT2D eigenvalue weighted by Crippen LogP contribution is -2.53. The average molecular weight is 606 g/mol. The number of halogens is 6. The number of hydrogen-bond acceptors (Lipinski definition) is 5. The third-order valence-corrected chi connectivity index (χ3v) is 7.80. The smallest absolute Gasteiger partial charge is 0.490 e. The van der Waals surface area contributed by atoms with Crippen LogP contribution in [0.3, 0.4) is 0 Å². The van der Waals surface area contributed by atoms with Crippen molar-refractivity contribution in [2.24, 2.45) is 0 Å². The summed E-state index contributed by atoms with van der Waals surface area (Å²) in [6.45, 7) is 1.14. The first kappa shape index (κ1) is 32.8. The fourth-order valence-corrected chi connectivity index (χ4v) is 5.62. The standard InChI is InChI=1S/C26H32F3N3O3.C2HF3O2/c1-32-13-12-25(19-8-9-21(34-2)22(14-19)35-3)11-10-20(15-23(25)32)31-24(33)30-16-17-4-6-18(7-5-17)26(27,28)29;3-2(4,5)1(6)7/h4-9,14,20,23H,10-13,15-16H2,1-3H3,(H2,30,31,33);(H,6,7). The van der Waals surface area contributed by atoms with E-state index in [1.165, 1.54) is 17.7 Å². The van der Waals surface area contributed by atoms with E-state index in [1.54, 1.807) is 14.2 Å². The second-order valence-corrected chi connectivity index (χ2v) is 10.3. The van der Waals surface area contributed by atoms with Gasteiger partial charge in [0.15, 0.2) is 11.5 Å². The molecule has 1 saturated carbocycles. The summed E-state index contributed by atoms with van der Waals surface area (Å²) in [6.07, 6.45) is -5.83. The number of likely N-dealkylation sites (tertiary alicyclic amines) is 1. The molecule has 0 aromatic heterocycles. The molecule has 3 atom stereocenters. The molecule has 1 aliphatic carbocycles. The van der Waals surface area contributed by atoms with Crippen LogP contribution in [0.4, 0.5) is 31.1 Å². The lowest BCUT2D eigenvalue weighted by molar-refractivity contribution is -0.192. The van der Waals surface area contributed by atoms with Gasteiger partial charge in [-0.15, -0.1) is 0 Å². The van der Waals surface area contributed by atoms with E-state index < -0.39 is 23.9 Å². The van der Waals surface area contributed by atoms with E-state index in [4.69, 9.17) is 19.4 Å². The van der Waals surface area contributed by atoms with E-state index in [2.05, 4.69) is 34.7 Å². The van der Waals surface area contributed by atoms with Crippen molar-refractivity contribution in [3.05, 3.63) is 59.2 Å². The zero-order chi connectivity index (χ0) is 31.3. The summed E-state index contributed by atoms with van der Waals surface area (Å²) in [5, 5.41) is 13.0. The van der Waals surface area contributed by atoms with Gasteiger partial charge in [-0.2, -0.15) is 26.3 Å². The van der Waals surface area contributed by atoms with E-state index in [1.807, 2.05) is 6.07 Å². The molecule has 1 heterocycles. The van der Waals surface area contributed by atoms with Crippen molar-refractivity contribution in [3.63, 3.8) is 0 Å². The number of nitrogens with one attached hydrogen (secondary N) is 2. The molecule has 0 radical (unpaired) electrons. The van der Waals surface area contributed by atoms with Crippen LogP contribution >= 0.6 is 0 Å². The molecule has 4 rings (SSSR count). The predicted molar refractivity (Wildman–Crippen MR) is 140 cm³/mol. The number of carboxylic acids is 1. The summed E-state index contributed by atoms with van der Waals surface area (Å²) in [5.74, 6) is -1.33. The second kappa shape index (κ2) is 13.1. The van der Waals surface area contributed by atoms with Crippen LogP contribution in [0, 0.1) is 0 Å². The Morgan fingerprint density at radius 3 is 2.17 bits per heavy atom. The number of methoxy groups -OCH3 is 2. The molecule has 3 unspecified atom stereocenters. The van der Waals surface area contributed by atoms with Gasteiger partial charge in [0.2, 0.25) is 0 Å². The number of fused-ring (bicyclic) bond motifs is 1. The van der Waals surface area contributed by atoms with Crippen LogP contribution in [0.15, 0.2) is 42.5 Å². The molecule has 1 aliphatic heterocycles. The highest BCUT2D eigenvalue weighted by molar-refractivity contribution is 5.74. The number of carbonyl (C=O) groups is 2. The summed E-state index contributed by atoms with van der Waals surface area (Å²) in [4.78, 5) is 23.8. The Bertz CT molecular complexity index is 1240. The number of ether oxygens (including phenoxy) is 2. The van der Waals surface area contributed by atoms with E-state index in [0.29, 0.717) is 11.3 Å². The number of likely N-dealkylation sites (N-methyl/N-ethyl adjacent to an activating group) is 1. The van der Waals surface area contributed by atoms with Gasteiger partial charge in [0.05, 0.1) is 19.8 Å². The average Bonchev–Trinajstić information content (AvgIpc) is 3.27. The molecule has 0 spiro atoms. The van der Waals surface area contributed by atoms with Crippen molar-refractivity contribution < 1.29 is 50.5 Å². The van der Waals surface area contributed by atoms with Gasteiger partial charge in [-0.1, -0.05) is 18.2 Å². The van der Waals surface area contributed by atoms with Gasteiger partial charge in [0, 0.05) is 24.0 Å². The highest BCUT2D eigenvalue weighted by atomic mass is 19.4. The summed E-state index contributed by atoms with van der Waals surface area (Å²) in [5.41, 5.74) is 1.13. The van der Waals surface area contributed by atoms with Gasteiger partial charge in [-0.25, -0.2) is 9.59 Å². The molecule has 232 valence electrons. The quantitative estimate of drug-likeness (QED) is 0.384. The number of nitrogens with zero attached hydrogens (tertiary/aromatic N) is 1. The topological polar surface area (TPSA) is 100 Å². The first-order valence-corrected chi connectivity index (χ1v) is 13.0. The molecule has 0 bridgehead atoms. The molecule has 42 heavy (non-hydrogen) atoms. The molecule has 2 amide bonds. The monoisotopic (exact) mass is 605 g/mol. The fraction of sp³-hybridized carbons (Fsp3) is 0.500. The van der Waals surface area contributed by atoms with Gasteiger partial charge in [0.25, 0.3) is 0 Å². The zero-order valence-electron chi connectivity index (χ0n) is 23.2. The summed E-state index contributed by atoms with van der Waals surface area (Å²) < 4.78 is 80.9. The van der Waals surface area contributed by atoms with E-state index >= 15 is 0 Å². The summed E-state index contributed by atoms with van der Waals surface area (Å²) in [6, 6.07) is 11.0. The van der Waals surface area contributed by atoms with Crippen molar-refractivity contribution in [1.29, 1.82) is 0 Å². The van der Waals surface area contributed by atoms with E-state index in [-0.39, 0.29) is 30.1 Å². The molecule has 2 aromatic rings. The third kappa shape index (κ3) is 7.78. The van der Waals surface area contributed by atoms with Crippen LogP contribution in [-0.4, -0.2) is 68.1 Å². The zero-order valence-corrected chi connectivity index (χ0v) is 23.2. The molecule has 3 N–H and O–H groups in total. The Hall–Kier alpha value is -3.68. The number of alkyl halides is 6. The van der Waals surface area contributed by atoms with Gasteiger partial charge >= 0.3 is 24.4 Å². The van der Waals surface area contributed by atoms with Crippen molar-refractivity contribution in [2.45, 2.75) is 62.1 Å². The SMILES string of the molecule is COc1ccc(C23CCC(NC(=O)NCc4ccc(C(F)(F)F)cc4)CC2N(C)CC3)cc1OC.O=C(O)C(F)(F)F. The van der Waals surface area contributed by atoms with Crippen molar-refractivity contribution in [3.8, 4) is 11.5 Å². The third-order valence-electron chi connectivity index (χ3n) is 7.80. The minimum Gasteiger partial charge on any atom is -0.493 e. The number of hydrogen-bond donors (Lipinski definition) is 3. The minimum atomic E-state index is -5.08. The van der Waals surface area contributed by atoms with Crippen LogP contribution in [0.2, 0.25) is 0 Å². The van der Waals surface area contributed by atoms with Crippen molar-refractivity contribution in [2.75, 3.05) is 27.8 Å². The van der Waals surface area contributed by atoms with Gasteiger partial charge in [0.1, 0.15) is 0 Å². The Morgan fingerprint density at radius 1 is 1.00 bits per heavy atom. The van der Waals surface area contributed by atoms with Crippen LogP contribution in [0.25, 0.3) is 0 Å². The minimum absolute atomic E-state index is 0.0107. The molecule has 14 heteroatoms. The van der Waals surface area contributed by atoms with E-state index in [9.17, 15) is 31.1 Å². The van der Waals surface area contributed by atoms with E-state index in [0.717, 1.165) is 50.1 Å². The summed E-state index contributed by atoms with van der Waals surface area (Å²) in [7, 11) is 5.39. The Balaban J connectivity index is 0.000000616. The largest absolute Gasteiger partial charge is 0.493 e. The molecular weight excluding hydrogens is 572 g/mol. The van der Waals surface area contributed by atoms with Crippen LogP contribution in [-0.2, 0) is 22.9 Å². The Labute approximate surface area is 239 Å². The fourth-order valence-electron chi connectivity index (χ4n) is 5.62. The first-order chi connectivity index (χ1) is 19.6. The van der Waals surface area contributed by atoms with Gasteiger partial charge in [-0.05, 0) is 74.7 Å². The Kier molecular flexibility index (Phi) is 10.2. The van der Waals surface area contributed by atoms with Gasteiger partial charge in [-0.3, -0.25) is 0 Å². The number of rotatable bonds is 6. The molecule has 2 aliphatic rings. The number of aliphatic carboxylic acids is 1. The highest BCUT2D eigenvalue weighted by Crippen LogP contribution is 2.49. The maximum Gasteiger partial charge on any atom is 0.490 e. The summed E-state index contributed by atoms with van der Waals surface area (Å²) >= 11 is 0. The number of benzene rings is 2. The first-order valence-electron chi connectivity index (χ1n) is 13.0. The van der Waals surface area contributed by atoms with Crippen molar-refractivity contribution >= 4 is 12.0 Å². The molecule has 8 nitrogen and oxygen atoms in total. The number of amides is 2. The molecule has 2 aromatic carbocycles. The lowest BCUT2D eigenvalue weighted by Gasteiger charge is -2.45. The van der Waals surface area contributed by atoms with Crippen molar-refractivity contribution in [1.82, 2.24) is 15.5 Å². The molecule has 1 saturated heterocycles. The molecule has 2 fully saturated rings. The number of carboxylic acid groups (broad SMARTS) is 1. The van der Waals surface area contributed by atoms with Crippen LogP contribution in [0.1, 0.15) is 42.4 Å². The number of carbonyl (C=O) groups excluding carboxylic acids is 1. The number of urea groups is 1. The highest BCUT2D eigenvalue weighted by Gasteiger charge is 2.50.